The molecule has 19 heavy (non-hydrogen) atoms. The summed E-state index contributed by atoms with van der Waals surface area (Å²) in [6, 6.07) is 7.06. The Balaban J connectivity index is 2.20. The molecule has 1 aliphatic rings. The first-order chi connectivity index (χ1) is 9.15. The van der Waals surface area contributed by atoms with Crippen LogP contribution in [0.2, 0.25) is 0 Å². The molecule has 0 radical (unpaired) electrons. The average Bonchev–Trinajstić information content (AvgIpc) is 2.46. The molecule has 1 fully saturated rings. The lowest BCUT2D eigenvalue weighted by Gasteiger charge is -2.35. The van der Waals surface area contributed by atoms with Crippen molar-refractivity contribution >= 4 is 21.6 Å². The predicted molar refractivity (Wildman–Crippen MR) is 86.8 cm³/mol. The Morgan fingerprint density at radius 1 is 1.37 bits per heavy atom. The quantitative estimate of drug-likeness (QED) is 0.885. The van der Waals surface area contributed by atoms with Gasteiger partial charge in [-0.3, -0.25) is 0 Å². The van der Waals surface area contributed by atoms with E-state index in [4.69, 9.17) is 0 Å². The Hall–Kier alpha value is -0.540. The van der Waals surface area contributed by atoms with E-state index in [1.165, 1.54) is 43.6 Å². The topological polar surface area (TPSA) is 15.3 Å². The van der Waals surface area contributed by atoms with Crippen molar-refractivity contribution in [1.29, 1.82) is 0 Å². The number of anilines is 1. The lowest BCUT2D eigenvalue weighted by molar-refractivity contribution is 0.394. The fourth-order valence-electron chi connectivity index (χ4n) is 2.90. The van der Waals surface area contributed by atoms with Crippen LogP contribution in [0.1, 0.15) is 44.7 Å². The number of nitrogens with zero attached hydrogens (tertiary/aromatic N) is 1. The van der Waals surface area contributed by atoms with Gasteiger partial charge in [-0.25, -0.2) is 0 Å². The summed E-state index contributed by atoms with van der Waals surface area (Å²) in [5.41, 5.74) is 2.80. The number of hydrogen-bond acceptors (Lipinski definition) is 2. The van der Waals surface area contributed by atoms with E-state index in [0.717, 1.165) is 10.4 Å². The van der Waals surface area contributed by atoms with Crippen LogP contribution in [0.15, 0.2) is 22.7 Å². The highest BCUT2D eigenvalue weighted by Crippen LogP contribution is 2.32. The zero-order valence-electron chi connectivity index (χ0n) is 12.2. The molecule has 1 saturated heterocycles. The SMILES string of the molecule is CCC1CCN(c2ccc(Br)cc2C(C)NC)CC1. The third-order valence-electron chi connectivity index (χ3n) is 4.42. The lowest BCUT2D eigenvalue weighted by Crippen LogP contribution is -2.34. The number of rotatable bonds is 4. The standard InChI is InChI=1S/C16H25BrN2/c1-4-13-7-9-19(10-8-13)16-6-5-14(17)11-15(16)12(2)18-3/h5-6,11-13,18H,4,7-10H2,1-3H3. The van der Waals surface area contributed by atoms with Gasteiger partial charge < -0.3 is 10.2 Å². The van der Waals surface area contributed by atoms with E-state index in [-0.39, 0.29) is 0 Å². The molecule has 0 amide bonds. The molecule has 1 aromatic rings. The summed E-state index contributed by atoms with van der Waals surface area (Å²) in [5, 5.41) is 3.36. The largest absolute Gasteiger partial charge is 0.371 e. The van der Waals surface area contributed by atoms with Crippen LogP contribution < -0.4 is 10.2 Å². The molecule has 106 valence electrons. The summed E-state index contributed by atoms with van der Waals surface area (Å²) in [7, 11) is 2.03. The van der Waals surface area contributed by atoms with Gasteiger partial charge >= 0.3 is 0 Å². The highest BCUT2D eigenvalue weighted by atomic mass is 79.9. The average molecular weight is 325 g/mol. The predicted octanol–water partition coefficient (Wildman–Crippen LogP) is 4.36. The van der Waals surface area contributed by atoms with Crippen LogP contribution >= 0.6 is 15.9 Å². The second kappa shape index (κ2) is 6.76. The summed E-state index contributed by atoms with van der Waals surface area (Å²) in [6.45, 7) is 6.94. The van der Waals surface area contributed by atoms with Crippen molar-refractivity contribution in [1.82, 2.24) is 5.32 Å². The molecule has 1 unspecified atom stereocenters. The van der Waals surface area contributed by atoms with E-state index < -0.39 is 0 Å². The number of nitrogens with one attached hydrogen (secondary N) is 1. The Bertz CT molecular complexity index is 411. The molecular weight excluding hydrogens is 300 g/mol. The van der Waals surface area contributed by atoms with E-state index >= 15 is 0 Å². The zero-order chi connectivity index (χ0) is 13.8. The Morgan fingerprint density at radius 2 is 2.05 bits per heavy atom. The summed E-state index contributed by atoms with van der Waals surface area (Å²) >= 11 is 3.59. The van der Waals surface area contributed by atoms with Gasteiger partial charge in [0.05, 0.1) is 0 Å². The number of halogens is 1. The van der Waals surface area contributed by atoms with Crippen LogP contribution in [-0.2, 0) is 0 Å². The van der Waals surface area contributed by atoms with Gasteiger partial charge in [-0.1, -0.05) is 29.3 Å². The molecule has 0 saturated carbocycles. The summed E-state index contributed by atoms with van der Waals surface area (Å²) in [5.74, 6) is 0.928. The molecule has 1 aromatic carbocycles. The monoisotopic (exact) mass is 324 g/mol. The minimum atomic E-state index is 0.386. The molecule has 1 N–H and O–H groups in total. The first-order valence-corrected chi connectivity index (χ1v) is 8.16. The third kappa shape index (κ3) is 3.51. The van der Waals surface area contributed by atoms with Crippen LogP contribution in [0.25, 0.3) is 0 Å². The van der Waals surface area contributed by atoms with Gasteiger partial charge in [-0.05, 0) is 56.5 Å². The fraction of sp³-hybridized carbons (Fsp3) is 0.625. The Kier molecular flexibility index (Phi) is 5.28. The van der Waals surface area contributed by atoms with Crippen molar-refractivity contribution in [2.24, 2.45) is 5.92 Å². The molecule has 3 heteroatoms. The molecule has 0 spiro atoms. The van der Waals surface area contributed by atoms with E-state index in [2.05, 4.69) is 58.2 Å². The van der Waals surface area contributed by atoms with Crippen molar-refractivity contribution in [2.75, 3.05) is 25.0 Å². The van der Waals surface area contributed by atoms with E-state index in [9.17, 15) is 0 Å². The van der Waals surface area contributed by atoms with Gasteiger partial charge in [0.15, 0.2) is 0 Å². The first-order valence-electron chi connectivity index (χ1n) is 7.37. The molecular formula is C16H25BrN2. The first kappa shape index (κ1) is 14.9. The zero-order valence-corrected chi connectivity index (χ0v) is 13.8. The maximum Gasteiger partial charge on any atom is 0.0415 e. The van der Waals surface area contributed by atoms with Crippen LogP contribution in [-0.4, -0.2) is 20.1 Å². The van der Waals surface area contributed by atoms with Gasteiger partial charge in [-0.2, -0.15) is 0 Å². The van der Waals surface area contributed by atoms with Crippen molar-refractivity contribution in [3.05, 3.63) is 28.2 Å². The highest BCUT2D eigenvalue weighted by Gasteiger charge is 2.21. The smallest absolute Gasteiger partial charge is 0.0415 e. The van der Waals surface area contributed by atoms with Crippen molar-refractivity contribution in [3.8, 4) is 0 Å². The molecule has 2 rings (SSSR count). The van der Waals surface area contributed by atoms with E-state index in [1.807, 2.05) is 7.05 Å². The van der Waals surface area contributed by atoms with Crippen LogP contribution in [0.3, 0.4) is 0 Å². The molecule has 1 aliphatic heterocycles. The van der Waals surface area contributed by atoms with Gasteiger partial charge in [0, 0.05) is 29.3 Å². The lowest BCUT2D eigenvalue weighted by atomic mass is 9.93. The highest BCUT2D eigenvalue weighted by molar-refractivity contribution is 9.10. The molecule has 0 aliphatic carbocycles. The second-order valence-corrected chi connectivity index (χ2v) is 6.47. The second-order valence-electron chi connectivity index (χ2n) is 5.55. The van der Waals surface area contributed by atoms with Gasteiger partial charge in [0.1, 0.15) is 0 Å². The van der Waals surface area contributed by atoms with Crippen LogP contribution in [0, 0.1) is 5.92 Å². The van der Waals surface area contributed by atoms with Crippen molar-refractivity contribution in [2.45, 2.75) is 39.2 Å². The minimum Gasteiger partial charge on any atom is -0.371 e. The molecule has 1 heterocycles. The van der Waals surface area contributed by atoms with Gasteiger partial charge in [0.25, 0.3) is 0 Å². The maximum absolute atomic E-state index is 3.59. The van der Waals surface area contributed by atoms with Crippen molar-refractivity contribution < 1.29 is 0 Å². The fourth-order valence-corrected chi connectivity index (χ4v) is 3.28. The summed E-state index contributed by atoms with van der Waals surface area (Å²) in [6.07, 6.45) is 3.99. The molecule has 0 bridgehead atoms. The summed E-state index contributed by atoms with van der Waals surface area (Å²) in [4.78, 5) is 2.56. The summed E-state index contributed by atoms with van der Waals surface area (Å²) < 4.78 is 1.16. The van der Waals surface area contributed by atoms with Gasteiger partial charge in [0.2, 0.25) is 0 Å². The number of hydrogen-bond donors (Lipinski definition) is 1. The van der Waals surface area contributed by atoms with Crippen LogP contribution in [0.5, 0.6) is 0 Å². The Labute approximate surface area is 125 Å². The maximum atomic E-state index is 3.59. The van der Waals surface area contributed by atoms with Gasteiger partial charge in [-0.15, -0.1) is 0 Å². The third-order valence-corrected chi connectivity index (χ3v) is 4.91. The van der Waals surface area contributed by atoms with E-state index in [1.54, 1.807) is 0 Å². The minimum absolute atomic E-state index is 0.386. The molecule has 2 nitrogen and oxygen atoms in total. The Morgan fingerprint density at radius 3 is 2.63 bits per heavy atom. The molecule has 0 aromatic heterocycles. The number of benzene rings is 1. The molecule has 1 atom stereocenters. The van der Waals surface area contributed by atoms with Crippen molar-refractivity contribution in [3.63, 3.8) is 0 Å². The number of piperidine rings is 1. The normalized spacial score (nSPS) is 18.6. The van der Waals surface area contributed by atoms with E-state index in [0.29, 0.717) is 6.04 Å². The van der Waals surface area contributed by atoms with Crippen LogP contribution in [0.4, 0.5) is 5.69 Å².